The van der Waals surface area contributed by atoms with E-state index in [0.717, 1.165) is 21.5 Å². The van der Waals surface area contributed by atoms with E-state index in [1.807, 2.05) is 70.2 Å². The summed E-state index contributed by atoms with van der Waals surface area (Å²) in [6.45, 7) is 8.90. The van der Waals surface area contributed by atoms with Gasteiger partial charge in [0.1, 0.15) is 5.75 Å². The number of amides is 1. The van der Waals surface area contributed by atoms with Crippen molar-refractivity contribution in [2.24, 2.45) is 4.99 Å². The molecule has 2 aromatic rings. The first kappa shape index (κ1) is 23.2. The lowest BCUT2D eigenvalue weighted by atomic mass is 10.2. The average molecular weight is 505 g/mol. The summed E-state index contributed by atoms with van der Waals surface area (Å²) >= 11 is 4.85. The first-order chi connectivity index (χ1) is 14.9. The first-order valence-electron chi connectivity index (χ1n) is 10.0. The van der Waals surface area contributed by atoms with Crippen LogP contribution in [0.1, 0.15) is 33.3 Å². The smallest absolute Gasteiger partial charge is 0.264 e. The number of amidine groups is 1. The van der Waals surface area contributed by atoms with Gasteiger partial charge in [0, 0.05) is 0 Å². The lowest BCUT2D eigenvalue weighted by molar-refractivity contribution is -0.115. The molecule has 6 nitrogen and oxygen atoms in total. The van der Waals surface area contributed by atoms with Gasteiger partial charge in [-0.2, -0.15) is 0 Å². The second kappa shape index (κ2) is 10.7. The molecule has 1 N–H and O–H groups in total. The van der Waals surface area contributed by atoms with Gasteiger partial charge in [0.2, 0.25) is 0 Å². The van der Waals surface area contributed by atoms with Crippen LogP contribution in [0.15, 0.2) is 50.8 Å². The number of nitrogens with zero attached hydrogens (tertiary/aromatic N) is 1. The Kier molecular flexibility index (Phi) is 8.03. The molecule has 1 saturated heterocycles. The number of hydrogen-bond donors (Lipinski definition) is 1. The minimum absolute atomic E-state index is 0.0113. The Morgan fingerprint density at radius 3 is 2.48 bits per heavy atom. The van der Waals surface area contributed by atoms with E-state index < -0.39 is 0 Å². The summed E-state index contributed by atoms with van der Waals surface area (Å²) in [5, 5.41) is 3.34. The minimum Gasteiger partial charge on any atom is -0.494 e. The Bertz CT molecular complexity index is 1000. The molecule has 0 saturated carbocycles. The largest absolute Gasteiger partial charge is 0.494 e. The highest BCUT2D eigenvalue weighted by molar-refractivity contribution is 9.10. The van der Waals surface area contributed by atoms with E-state index in [9.17, 15) is 4.79 Å². The molecule has 8 heteroatoms. The molecule has 31 heavy (non-hydrogen) atoms. The van der Waals surface area contributed by atoms with Crippen LogP contribution in [-0.4, -0.2) is 30.4 Å². The fourth-order valence-electron chi connectivity index (χ4n) is 2.82. The van der Waals surface area contributed by atoms with Gasteiger partial charge in [0.15, 0.2) is 16.7 Å². The predicted octanol–water partition coefficient (Wildman–Crippen LogP) is 5.93. The zero-order valence-corrected chi connectivity index (χ0v) is 20.3. The quantitative estimate of drug-likeness (QED) is 0.451. The summed E-state index contributed by atoms with van der Waals surface area (Å²) in [5.41, 5.74) is 1.57. The Balaban J connectivity index is 1.82. The second-order valence-electron chi connectivity index (χ2n) is 6.84. The minimum atomic E-state index is -0.189. The fourth-order valence-corrected chi connectivity index (χ4v) is 4.21. The third kappa shape index (κ3) is 6.27. The zero-order chi connectivity index (χ0) is 22.4. The lowest BCUT2D eigenvalue weighted by Crippen LogP contribution is -2.19. The van der Waals surface area contributed by atoms with Crippen molar-refractivity contribution in [1.29, 1.82) is 0 Å². The molecular formula is C23H25BrN2O4S. The molecule has 1 aliphatic rings. The molecule has 0 spiro atoms. The van der Waals surface area contributed by atoms with Crippen molar-refractivity contribution in [2.45, 2.75) is 33.8 Å². The number of carbonyl (C=O) groups is 1. The van der Waals surface area contributed by atoms with Crippen LogP contribution in [-0.2, 0) is 4.79 Å². The van der Waals surface area contributed by atoms with Crippen molar-refractivity contribution in [3.8, 4) is 17.2 Å². The molecule has 0 aromatic heterocycles. The number of ether oxygens (including phenoxy) is 3. The fraction of sp³-hybridized carbons (Fsp3) is 0.304. The van der Waals surface area contributed by atoms with Gasteiger partial charge >= 0.3 is 0 Å². The third-order valence-electron chi connectivity index (χ3n) is 4.01. The van der Waals surface area contributed by atoms with E-state index in [-0.39, 0.29) is 12.0 Å². The number of aliphatic imine (C=N–C) groups is 1. The number of rotatable bonds is 8. The maximum atomic E-state index is 12.5. The first-order valence-corrected chi connectivity index (χ1v) is 11.7. The van der Waals surface area contributed by atoms with E-state index in [4.69, 9.17) is 14.2 Å². The molecule has 0 unspecified atom stereocenters. The average Bonchev–Trinajstić information content (AvgIpc) is 3.05. The van der Waals surface area contributed by atoms with Gasteiger partial charge in [-0.15, -0.1) is 0 Å². The Morgan fingerprint density at radius 2 is 1.84 bits per heavy atom. The summed E-state index contributed by atoms with van der Waals surface area (Å²) in [7, 11) is 0. The van der Waals surface area contributed by atoms with Crippen LogP contribution in [0.2, 0.25) is 0 Å². The maximum absolute atomic E-state index is 12.5. The highest BCUT2D eigenvalue weighted by atomic mass is 79.9. The number of halogens is 1. The van der Waals surface area contributed by atoms with E-state index >= 15 is 0 Å². The van der Waals surface area contributed by atoms with E-state index in [1.54, 1.807) is 0 Å². The highest BCUT2D eigenvalue weighted by Gasteiger charge is 2.24. The lowest BCUT2D eigenvalue weighted by Gasteiger charge is -2.17. The monoisotopic (exact) mass is 504 g/mol. The number of nitrogens with one attached hydrogen (secondary N) is 1. The van der Waals surface area contributed by atoms with Crippen molar-refractivity contribution in [1.82, 2.24) is 5.32 Å². The van der Waals surface area contributed by atoms with Crippen molar-refractivity contribution < 1.29 is 19.0 Å². The SMILES string of the molecule is CCOc1ccc(N=C2NC(=O)/C(=C\c3cc(Br)c(OC(C)C)c(OCC)c3)S2)cc1. The van der Waals surface area contributed by atoms with Gasteiger partial charge in [-0.3, -0.25) is 4.79 Å². The van der Waals surface area contributed by atoms with Crippen LogP contribution in [0.4, 0.5) is 5.69 Å². The Hall–Kier alpha value is -2.45. The topological polar surface area (TPSA) is 69.2 Å². The molecule has 1 amide bonds. The van der Waals surface area contributed by atoms with Crippen LogP contribution in [0, 0.1) is 0 Å². The normalized spacial score (nSPS) is 16.1. The van der Waals surface area contributed by atoms with Gasteiger partial charge in [0.25, 0.3) is 5.91 Å². The van der Waals surface area contributed by atoms with Crippen LogP contribution in [0.5, 0.6) is 17.2 Å². The number of hydrogen-bond acceptors (Lipinski definition) is 6. The predicted molar refractivity (Wildman–Crippen MR) is 129 cm³/mol. The maximum Gasteiger partial charge on any atom is 0.264 e. The highest BCUT2D eigenvalue weighted by Crippen LogP contribution is 2.39. The molecule has 1 aliphatic heterocycles. The molecule has 0 bridgehead atoms. The van der Waals surface area contributed by atoms with Gasteiger partial charge < -0.3 is 19.5 Å². The molecule has 0 radical (unpaired) electrons. The van der Waals surface area contributed by atoms with E-state index in [0.29, 0.717) is 34.8 Å². The van der Waals surface area contributed by atoms with Gasteiger partial charge in [0.05, 0.1) is 34.4 Å². The summed E-state index contributed by atoms with van der Waals surface area (Å²) in [4.78, 5) is 17.5. The van der Waals surface area contributed by atoms with Crippen molar-refractivity contribution >= 4 is 50.5 Å². The van der Waals surface area contributed by atoms with E-state index in [1.165, 1.54) is 11.8 Å². The number of thioether (sulfide) groups is 1. The third-order valence-corrected chi connectivity index (χ3v) is 5.51. The standard InChI is InChI=1S/C23H25BrN2O4S/c1-5-28-17-9-7-16(8-10-17)25-23-26-22(27)20(31-23)13-15-11-18(24)21(30-14(3)4)19(12-15)29-6-2/h7-14H,5-6H2,1-4H3,(H,25,26,27)/b20-13+. The van der Waals surface area contributed by atoms with Crippen LogP contribution < -0.4 is 19.5 Å². The number of carbonyl (C=O) groups excluding carboxylic acids is 1. The molecular weight excluding hydrogens is 480 g/mol. The molecule has 0 aliphatic carbocycles. The van der Waals surface area contributed by atoms with Gasteiger partial charge in [-0.05, 0) is 103 Å². The Morgan fingerprint density at radius 1 is 1.13 bits per heavy atom. The molecule has 1 heterocycles. The van der Waals surface area contributed by atoms with Crippen LogP contribution in [0.3, 0.4) is 0 Å². The van der Waals surface area contributed by atoms with Crippen molar-refractivity contribution in [2.75, 3.05) is 13.2 Å². The van der Waals surface area contributed by atoms with E-state index in [2.05, 4.69) is 26.2 Å². The summed E-state index contributed by atoms with van der Waals surface area (Å²) in [5.74, 6) is 1.88. The van der Waals surface area contributed by atoms with Crippen LogP contribution in [0.25, 0.3) is 6.08 Å². The summed E-state index contributed by atoms with van der Waals surface area (Å²) in [6.07, 6.45) is 1.82. The Labute approximate surface area is 195 Å². The summed E-state index contributed by atoms with van der Waals surface area (Å²) < 4.78 is 17.8. The zero-order valence-electron chi connectivity index (χ0n) is 17.9. The molecule has 3 rings (SSSR count). The second-order valence-corrected chi connectivity index (χ2v) is 8.72. The van der Waals surface area contributed by atoms with Gasteiger partial charge in [-0.25, -0.2) is 4.99 Å². The van der Waals surface area contributed by atoms with Crippen molar-refractivity contribution in [3.05, 3.63) is 51.3 Å². The van der Waals surface area contributed by atoms with Crippen LogP contribution >= 0.6 is 27.7 Å². The molecule has 0 atom stereocenters. The molecule has 2 aromatic carbocycles. The number of benzene rings is 2. The molecule has 164 valence electrons. The summed E-state index contributed by atoms with van der Waals surface area (Å²) in [6, 6.07) is 11.2. The molecule has 1 fully saturated rings. The van der Waals surface area contributed by atoms with Gasteiger partial charge in [-0.1, -0.05) is 0 Å². The van der Waals surface area contributed by atoms with Crippen molar-refractivity contribution in [3.63, 3.8) is 0 Å².